The second-order valence-electron chi connectivity index (χ2n) is 10.1. The lowest BCUT2D eigenvalue weighted by atomic mass is 9.88. The molecular formula is C25H31N7O. The van der Waals surface area contributed by atoms with E-state index in [0.717, 1.165) is 46.9 Å². The fourth-order valence-corrected chi connectivity index (χ4v) is 4.32. The molecule has 1 N–H and O–H groups in total. The highest BCUT2D eigenvalue weighted by molar-refractivity contribution is 5.81. The standard InChI is InChI=1S/C25H31N7O/c1-16(25(2,3)4)32-23(17-8-11-21-20(14-17)27-24(33)30(21)5)28-22(29-32)19-10-9-18(15-26-19)31-12-6-7-13-31/h8-11,14-16H,6-7,12-13H2,1-5H3,(H,27,33). The van der Waals surface area contributed by atoms with Crippen LogP contribution < -0.4 is 10.6 Å². The van der Waals surface area contributed by atoms with E-state index in [-0.39, 0.29) is 17.1 Å². The average molecular weight is 446 g/mol. The molecule has 4 aromatic rings. The predicted molar refractivity (Wildman–Crippen MR) is 131 cm³/mol. The number of anilines is 1. The maximum Gasteiger partial charge on any atom is 0.326 e. The van der Waals surface area contributed by atoms with Crippen molar-refractivity contribution in [1.82, 2.24) is 29.3 Å². The number of hydrogen-bond acceptors (Lipinski definition) is 5. The van der Waals surface area contributed by atoms with Gasteiger partial charge < -0.3 is 9.88 Å². The first-order valence-electron chi connectivity index (χ1n) is 11.6. The lowest BCUT2D eigenvalue weighted by molar-refractivity contribution is 0.247. The average Bonchev–Trinajstić information content (AvgIpc) is 3.53. The number of aromatic amines is 1. The van der Waals surface area contributed by atoms with Gasteiger partial charge in [-0.05, 0) is 55.5 Å². The number of nitrogens with one attached hydrogen (secondary N) is 1. The first kappa shape index (κ1) is 21.4. The first-order valence-corrected chi connectivity index (χ1v) is 11.6. The molecule has 1 aliphatic heterocycles. The highest BCUT2D eigenvalue weighted by Crippen LogP contribution is 2.34. The molecule has 1 atom stereocenters. The molecule has 172 valence electrons. The third kappa shape index (κ3) is 3.83. The van der Waals surface area contributed by atoms with E-state index in [1.54, 1.807) is 11.6 Å². The molecule has 0 radical (unpaired) electrons. The van der Waals surface area contributed by atoms with Gasteiger partial charge in [0.2, 0.25) is 0 Å². The van der Waals surface area contributed by atoms with E-state index in [4.69, 9.17) is 15.1 Å². The van der Waals surface area contributed by atoms with E-state index in [1.807, 2.05) is 35.1 Å². The topological polar surface area (TPSA) is 84.6 Å². The number of aryl methyl sites for hydroxylation is 1. The van der Waals surface area contributed by atoms with Crippen LogP contribution in [0, 0.1) is 5.41 Å². The van der Waals surface area contributed by atoms with Gasteiger partial charge in [0.05, 0.1) is 29.0 Å². The van der Waals surface area contributed by atoms with Gasteiger partial charge in [0, 0.05) is 25.7 Å². The largest absolute Gasteiger partial charge is 0.370 e. The van der Waals surface area contributed by atoms with Crippen molar-refractivity contribution in [2.24, 2.45) is 12.5 Å². The molecule has 1 aromatic carbocycles. The number of imidazole rings is 1. The molecule has 0 amide bonds. The number of nitrogens with zero attached hydrogens (tertiary/aromatic N) is 6. The number of aromatic nitrogens is 6. The zero-order chi connectivity index (χ0) is 23.3. The summed E-state index contributed by atoms with van der Waals surface area (Å²) < 4.78 is 3.60. The molecule has 0 saturated carbocycles. The third-order valence-corrected chi connectivity index (χ3v) is 6.86. The summed E-state index contributed by atoms with van der Waals surface area (Å²) in [7, 11) is 1.76. The van der Waals surface area contributed by atoms with Gasteiger partial charge in [0.25, 0.3) is 0 Å². The van der Waals surface area contributed by atoms with Crippen LogP contribution in [0.15, 0.2) is 41.3 Å². The summed E-state index contributed by atoms with van der Waals surface area (Å²) in [6.07, 6.45) is 4.40. The molecule has 0 bridgehead atoms. The summed E-state index contributed by atoms with van der Waals surface area (Å²) in [5.74, 6) is 1.38. The Balaban J connectivity index is 1.59. The molecule has 1 saturated heterocycles. The van der Waals surface area contributed by atoms with Crippen LogP contribution in [-0.2, 0) is 7.05 Å². The molecule has 1 fully saturated rings. The fraction of sp³-hybridized carbons (Fsp3) is 0.440. The maximum absolute atomic E-state index is 12.1. The summed E-state index contributed by atoms with van der Waals surface area (Å²) in [6.45, 7) is 10.9. The Kier molecular flexibility index (Phi) is 5.11. The minimum absolute atomic E-state index is 0.0160. The van der Waals surface area contributed by atoms with Crippen molar-refractivity contribution >= 4 is 16.7 Å². The van der Waals surface area contributed by atoms with Gasteiger partial charge >= 0.3 is 5.69 Å². The third-order valence-electron chi connectivity index (χ3n) is 6.86. The summed E-state index contributed by atoms with van der Waals surface area (Å²) in [5.41, 5.74) is 4.32. The summed E-state index contributed by atoms with van der Waals surface area (Å²) in [4.78, 5) is 27.0. The van der Waals surface area contributed by atoms with Crippen LogP contribution in [0.2, 0.25) is 0 Å². The number of rotatable bonds is 4. The van der Waals surface area contributed by atoms with Gasteiger partial charge in [0.1, 0.15) is 5.69 Å². The van der Waals surface area contributed by atoms with E-state index < -0.39 is 0 Å². The fourth-order valence-electron chi connectivity index (χ4n) is 4.32. The van der Waals surface area contributed by atoms with E-state index in [0.29, 0.717) is 5.82 Å². The minimum atomic E-state index is -0.130. The van der Waals surface area contributed by atoms with Crippen molar-refractivity contribution in [3.8, 4) is 22.9 Å². The van der Waals surface area contributed by atoms with E-state index >= 15 is 0 Å². The second-order valence-corrected chi connectivity index (χ2v) is 10.1. The monoisotopic (exact) mass is 445 g/mol. The number of fused-ring (bicyclic) bond motifs is 1. The van der Waals surface area contributed by atoms with Crippen LogP contribution in [0.1, 0.15) is 46.6 Å². The van der Waals surface area contributed by atoms with Gasteiger partial charge in [-0.1, -0.05) is 20.8 Å². The zero-order valence-electron chi connectivity index (χ0n) is 20.0. The normalized spacial score (nSPS) is 15.5. The quantitative estimate of drug-likeness (QED) is 0.503. The highest BCUT2D eigenvalue weighted by Gasteiger charge is 2.27. The summed E-state index contributed by atoms with van der Waals surface area (Å²) >= 11 is 0. The first-order chi connectivity index (χ1) is 15.7. The number of benzene rings is 1. The molecule has 0 spiro atoms. The van der Waals surface area contributed by atoms with Crippen LogP contribution in [0.4, 0.5) is 5.69 Å². The van der Waals surface area contributed by atoms with Crippen LogP contribution in [0.5, 0.6) is 0 Å². The van der Waals surface area contributed by atoms with Gasteiger partial charge in [-0.15, -0.1) is 5.10 Å². The number of pyridine rings is 1. The number of hydrogen-bond donors (Lipinski definition) is 1. The molecule has 5 rings (SSSR count). The van der Waals surface area contributed by atoms with Crippen molar-refractivity contribution in [1.29, 1.82) is 0 Å². The van der Waals surface area contributed by atoms with Crippen LogP contribution >= 0.6 is 0 Å². The second kappa shape index (κ2) is 7.86. The van der Waals surface area contributed by atoms with Crippen molar-refractivity contribution < 1.29 is 0 Å². The Morgan fingerprint density at radius 3 is 2.52 bits per heavy atom. The minimum Gasteiger partial charge on any atom is -0.370 e. The highest BCUT2D eigenvalue weighted by atomic mass is 16.1. The van der Waals surface area contributed by atoms with Crippen LogP contribution in [0.25, 0.3) is 33.9 Å². The molecule has 0 aliphatic carbocycles. The van der Waals surface area contributed by atoms with Crippen molar-refractivity contribution in [3.05, 3.63) is 47.0 Å². The molecular weight excluding hydrogens is 414 g/mol. The Hall–Kier alpha value is -3.42. The lowest BCUT2D eigenvalue weighted by Gasteiger charge is -2.28. The maximum atomic E-state index is 12.1. The SMILES string of the molecule is CC(n1nc(-c2ccc(N3CCCC3)cn2)nc1-c1ccc2c(c1)[nH]c(=O)n2C)C(C)(C)C. The molecule has 1 unspecified atom stereocenters. The van der Waals surface area contributed by atoms with Crippen molar-refractivity contribution in [2.75, 3.05) is 18.0 Å². The van der Waals surface area contributed by atoms with Gasteiger partial charge in [-0.25, -0.2) is 14.5 Å². The Bertz CT molecular complexity index is 1350. The lowest BCUT2D eigenvalue weighted by Crippen LogP contribution is -2.23. The summed E-state index contributed by atoms with van der Waals surface area (Å²) in [6, 6.07) is 10.1. The van der Waals surface area contributed by atoms with Crippen LogP contribution in [0.3, 0.4) is 0 Å². The van der Waals surface area contributed by atoms with Gasteiger partial charge in [-0.3, -0.25) is 9.55 Å². The molecule has 4 heterocycles. The zero-order valence-corrected chi connectivity index (χ0v) is 20.0. The van der Waals surface area contributed by atoms with Crippen molar-refractivity contribution in [2.45, 2.75) is 46.6 Å². The Morgan fingerprint density at radius 2 is 1.85 bits per heavy atom. The van der Waals surface area contributed by atoms with E-state index in [2.05, 4.69) is 43.6 Å². The molecule has 8 nitrogen and oxygen atoms in total. The summed E-state index contributed by atoms with van der Waals surface area (Å²) in [5, 5.41) is 4.91. The molecule has 8 heteroatoms. The van der Waals surface area contributed by atoms with Crippen molar-refractivity contribution in [3.63, 3.8) is 0 Å². The van der Waals surface area contributed by atoms with E-state index in [9.17, 15) is 4.79 Å². The van der Waals surface area contributed by atoms with E-state index in [1.165, 1.54) is 12.8 Å². The smallest absolute Gasteiger partial charge is 0.326 e. The number of H-pyrrole nitrogens is 1. The predicted octanol–water partition coefficient (Wildman–Crippen LogP) is 4.39. The molecule has 3 aromatic heterocycles. The molecule has 33 heavy (non-hydrogen) atoms. The van der Waals surface area contributed by atoms with Gasteiger partial charge in [-0.2, -0.15) is 0 Å². The van der Waals surface area contributed by atoms with Gasteiger partial charge in [0.15, 0.2) is 11.6 Å². The molecule has 1 aliphatic rings. The Labute approximate surface area is 193 Å². The Morgan fingerprint density at radius 1 is 1.09 bits per heavy atom. The van der Waals surface area contributed by atoms with Crippen LogP contribution in [-0.4, -0.2) is 42.4 Å².